The zero-order valence-electron chi connectivity index (χ0n) is 11.4. The van der Waals surface area contributed by atoms with E-state index in [2.05, 4.69) is 5.32 Å². The van der Waals surface area contributed by atoms with E-state index in [0.717, 1.165) is 42.4 Å². The number of hydrogen-bond donors (Lipinski definition) is 1. The van der Waals surface area contributed by atoms with Gasteiger partial charge in [-0.3, -0.25) is 0 Å². The van der Waals surface area contributed by atoms with Gasteiger partial charge in [0.25, 0.3) is 0 Å². The van der Waals surface area contributed by atoms with Crippen LogP contribution in [0.5, 0.6) is 0 Å². The highest BCUT2D eigenvalue weighted by Gasteiger charge is 2.66. The summed E-state index contributed by atoms with van der Waals surface area (Å²) in [5.41, 5.74) is 0. The van der Waals surface area contributed by atoms with Crippen molar-refractivity contribution in [1.29, 1.82) is 0 Å². The van der Waals surface area contributed by atoms with E-state index in [-0.39, 0.29) is 0 Å². The first-order valence-electron chi connectivity index (χ1n) is 7.36. The quantitative estimate of drug-likeness (QED) is 0.799. The van der Waals surface area contributed by atoms with Crippen LogP contribution in [-0.2, 0) is 9.84 Å². The van der Waals surface area contributed by atoms with E-state index in [1.54, 1.807) is 0 Å². The molecule has 0 amide bonds. The van der Waals surface area contributed by atoms with Crippen molar-refractivity contribution in [2.45, 2.75) is 38.1 Å². The van der Waals surface area contributed by atoms with E-state index >= 15 is 0 Å². The van der Waals surface area contributed by atoms with Crippen LogP contribution in [0.15, 0.2) is 0 Å². The minimum Gasteiger partial charge on any atom is -0.317 e. The van der Waals surface area contributed by atoms with Crippen LogP contribution in [0.3, 0.4) is 0 Å². The van der Waals surface area contributed by atoms with Crippen LogP contribution in [0.4, 0.5) is 0 Å². The van der Waals surface area contributed by atoms with Gasteiger partial charge in [-0.15, -0.1) is 0 Å². The lowest BCUT2D eigenvalue weighted by Gasteiger charge is -2.19. The van der Waals surface area contributed by atoms with Gasteiger partial charge >= 0.3 is 0 Å². The van der Waals surface area contributed by atoms with Crippen molar-refractivity contribution in [1.82, 2.24) is 5.32 Å². The number of hydrogen-bond acceptors (Lipinski definition) is 3. The minimum atomic E-state index is -2.79. The first kappa shape index (κ1) is 12.9. The maximum atomic E-state index is 11.2. The van der Waals surface area contributed by atoms with Gasteiger partial charge in [0, 0.05) is 18.1 Å². The van der Waals surface area contributed by atoms with Crippen LogP contribution in [-0.4, -0.2) is 33.5 Å². The van der Waals surface area contributed by atoms with Gasteiger partial charge in [-0.2, -0.15) is 0 Å². The predicted octanol–water partition coefficient (Wildman–Crippen LogP) is 1.69. The second-order valence-electron chi connectivity index (χ2n) is 6.73. The summed E-state index contributed by atoms with van der Waals surface area (Å²) in [6.45, 7) is 0. The van der Waals surface area contributed by atoms with Gasteiger partial charge in [-0.25, -0.2) is 8.42 Å². The second kappa shape index (κ2) is 4.48. The zero-order valence-corrected chi connectivity index (χ0v) is 12.2. The average molecular weight is 271 g/mol. The van der Waals surface area contributed by atoms with E-state index in [9.17, 15) is 8.42 Å². The highest BCUT2D eigenvalue weighted by molar-refractivity contribution is 7.90. The molecule has 5 atom stereocenters. The van der Waals surface area contributed by atoms with E-state index < -0.39 is 9.84 Å². The van der Waals surface area contributed by atoms with Crippen LogP contribution in [0.25, 0.3) is 0 Å². The monoisotopic (exact) mass is 271 g/mol. The molecular formula is C14H25NO2S. The molecule has 0 saturated heterocycles. The Morgan fingerprint density at radius 3 is 2.33 bits per heavy atom. The van der Waals surface area contributed by atoms with E-state index in [1.807, 2.05) is 7.05 Å². The number of sulfone groups is 1. The van der Waals surface area contributed by atoms with Crippen LogP contribution >= 0.6 is 0 Å². The summed E-state index contributed by atoms with van der Waals surface area (Å²) < 4.78 is 22.4. The van der Waals surface area contributed by atoms with Gasteiger partial charge < -0.3 is 5.32 Å². The summed E-state index contributed by atoms with van der Waals surface area (Å²) in [4.78, 5) is 0. The van der Waals surface area contributed by atoms with Gasteiger partial charge in [0.2, 0.25) is 0 Å². The Morgan fingerprint density at radius 2 is 1.83 bits per heavy atom. The van der Waals surface area contributed by atoms with Crippen molar-refractivity contribution < 1.29 is 8.42 Å². The van der Waals surface area contributed by atoms with E-state index in [0.29, 0.717) is 11.8 Å². The smallest absolute Gasteiger partial charge is 0.147 e. The normalized spacial score (nSPS) is 42.9. The van der Waals surface area contributed by atoms with Crippen molar-refractivity contribution in [2.24, 2.45) is 29.6 Å². The number of fused-ring (bicyclic) bond motifs is 5. The molecule has 0 spiro atoms. The van der Waals surface area contributed by atoms with E-state index in [4.69, 9.17) is 0 Å². The fourth-order valence-corrected chi connectivity index (χ4v) is 5.72. The molecule has 3 rings (SSSR count). The van der Waals surface area contributed by atoms with Crippen molar-refractivity contribution in [2.75, 3.05) is 19.1 Å². The maximum Gasteiger partial charge on any atom is 0.147 e. The van der Waals surface area contributed by atoms with E-state index in [1.165, 1.54) is 25.5 Å². The topological polar surface area (TPSA) is 46.2 Å². The van der Waals surface area contributed by atoms with Crippen molar-refractivity contribution in [3.63, 3.8) is 0 Å². The van der Waals surface area contributed by atoms with Gasteiger partial charge in [0.05, 0.1) is 0 Å². The molecule has 5 unspecified atom stereocenters. The van der Waals surface area contributed by atoms with Crippen molar-refractivity contribution in [3.8, 4) is 0 Å². The Hall–Kier alpha value is -0.0900. The predicted molar refractivity (Wildman–Crippen MR) is 73.1 cm³/mol. The lowest BCUT2D eigenvalue weighted by atomic mass is 9.95. The third-order valence-electron chi connectivity index (χ3n) is 5.66. The highest BCUT2D eigenvalue weighted by atomic mass is 32.2. The van der Waals surface area contributed by atoms with Gasteiger partial charge in [0.1, 0.15) is 9.84 Å². The van der Waals surface area contributed by atoms with Gasteiger partial charge in [0.15, 0.2) is 0 Å². The molecule has 0 heterocycles. The minimum absolute atomic E-state index is 0.347. The van der Waals surface area contributed by atoms with Crippen molar-refractivity contribution in [3.05, 3.63) is 0 Å². The van der Waals surface area contributed by atoms with Crippen LogP contribution in [0, 0.1) is 29.6 Å². The first-order chi connectivity index (χ1) is 8.51. The van der Waals surface area contributed by atoms with Crippen LogP contribution < -0.4 is 5.32 Å². The highest BCUT2D eigenvalue weighted by Crippen LogP contribution is 2.70. The molecule has 3 aliphatic carbocycles. The Labute approximate surface area is 111 Å². The summed E-state index contributed by atoms with van der Waals surface area (Å²) in [6, 6.07) is 0.560. The lowest BCUT2D eigenvalue weighted by molar-refractivity contribution is 0.362. The lowest BCUT2D eigenvalue weighted by Crippen LogP contribution is -2.30. The first-order valence-corrected chi connectivity index (χ1v) is 9.42. The molecule has 0 aromatic rings. The molecule has 0 radical (unpaired) electrons. The molecule has 0 aromatic heterocycles. The Bertz CT molecular complexity index is 404. The van der Waals surface area contributed by atoms with Gasteiger partial charge in [-0.1, -0.05) is 0 Å². The standard InChI is InChI=1S/C14H25NO2S/c1-15-11(4-3-7-18(2,16)17)14-12-9-5-6-10(8-9)13(12)14/h9-15H,3-8H2,1-2H3. The summed E-state index contributed by atoms with van der Waals surface area (Å²) in [5, 5.41) is 3.45. The van der Waals surface area contributed by atoms with Crippen LogP contribution in [0.2, 0.25) is 0 Å². The fraction of sp³-hybridized carbons (Fsp3) is 1.00. The van der Waals surface area contributed by atoms with Gasteiger partial charge in [-0.05, 0) is 68.7 Å². The molecular weight excluding hydrogens is 246 g/mol. The summed E-state index contributed by atoms with van der Waals surface area (Å²) in [5.74, 6) is 5.20. The molecule has 0 aliphatic heterocycles. The Balaban J connectivity index is 1.52. The fourth-order valence-electron chi connectivity index (χ4n) is 5.03. The molecule has 104 valence electrons. The Kier molecular flexibility index (Phi) is 3.22. The summed E-state index contributed by atoms with van der Waals surface area (Å²) in [6.07, 6.45) is 7.60. The summed E-state index contributed by atoms with van der Waals surface area (Å²) in [7, 11) is -0.746. The molecule has 3 fully saturated rings. The van der Waals surface area contributed by atoms with Crippen molar-refractivity contribution >= 4 is 9.84 Å². The third kappa shape index (κ3) is 2.22. The SMILES string of the molecule is CNC(CCCS(C)(=O)=O)C1C2C3CCC(C3)C21. The molecule has 2 bridgehead atoms. The average Bonchev–Trinajstić information content (AvgIpc) is 2.72. The molecule has 4 heteroatoms. The molecule has 3 nitrogen and oxygen atoms in total. The maximum absolute atomic E-state index is 11.2. The molecule has 18 heavy (non-hydrogen) atoms. The second-order valence-corrected chi connectivity index (χ2v) is 8.99. The molecule has 0 aromatic carbocycles. The Morgan fingerprint density at radius 1 is 1.22 bits per heavy atom. The van der Waals surface area contributed by atoms with Crippen LogP contribution in [0.1, 0.15) is 32.1 Å². The number of rotatable bonds is 6. The number of nitrogens with one attached hydrogen (secondary N) is 1. The molecule has 3 saturated carbocycles. The zero-order chi connectivity index (χ0) is 12.9. The largest absolute Gasteiger partial charge is 0.317 e. The molecule has 3 aliphatic rings. The third-order valence-corrected chi connectivity index (χ3v) is 6.69. The summed E-state index contributed by atoms with van der Waals surface area (Å²) >= 11 is 0. The molecule has 1 N–H and O–H groups in total.